The summed E-state index contributed by atoms with van der Waals surface area (Å²) in [5.74, 6) is 0.103. The molecule has 0 aromatic carbocycles. The Morgan fingerprint density at radius 2 is 1.94 bits per heavy atom. The number of pyridine rings is 1. The standard InChI is InChI=1S/C12H14N4O2/c1-8-12(18)11(9(6-17)2-15-8)5-16-10-3-13-7-14-4-10/h2-4,7,16-18H,5-6H2,1H3. The molecule has 0 aliphatic carbocycles. The Morgan fingerprint density at radius 1 is 1.22 bits per heavy atom. The van der Waals surface area contributed by atoms with Gasteiger partial charge in [-0.05, 0) is 6.92 Å². The Hall–Kier alpha value is -2.21. The van der Waals surface area contributed by atoms with E-state index in [0.717, 1.165) is 5.69 Å². The molecule has 6 heteroatoms. The summed E-state index contributed by atoms with van der Waals surface area (Å²) in [4.78, 5) is 11.8. The molecular formula is C12H14N4O2. The molecule has 18 heavy (non-hydrogen) atoms. The highest BCUT2D eigenvalue weighted by Crippen LogP contribution is 2.24. The molecular weight excluding hydrogens is 232 g/mol. The van der Waals surface area contributed by atoms with Crippen LogP contribution in [0.3, 0.4) is 0 Å². The van der Waals surface area contributed by atoms with Gasteiger partial charge in [0.15, 0.2) is 0 Å². The van der Waals surface area contributed by atoms with Gasteiger partial charge in [0.25, 0.3) is 0 Å². The summed E-state index contributed by atoms with van der Waals surface area (Å²) in [6.45, 7) is 1.92. The highest BCUT2D eigenvalue weighted by atomic mass is 16.3. The number of aryl methyl sites for hydroxylation is 1. The predicted octanol–water partition coefficient (Wildman–Crippen LogP) is 0.990. The second kappa shape index (κ2) is 5.42. The minimum absolute atomic E-state index is 0.103. The first-order valence-electron chi connectivity index (χ1n) is 5.48. The Morgan fingerprint density at radius 3 is 2.61 bits per heavy atom. The van der Waals surface area contributed by atoms with E-state index >= 15 is 0 Å². The Labute approximate surface area is 104 Å². The van der Waals surface area contributed by atoms with Crippen molar-refractivity contribution < 1.29 is 10.2 Å². The van der Waals surface area contributed by atoms with Crippen LogP contribution in [0.5, 0.6) is 5.75 Å². The number of aromatic nitrogens is 3. The second-order valence-electron chi connectivity index (χ2n) is 3.83. The number of nitrogens with one attached hydrogen (secondary N) is 1. The largest absolute Gasteiger partial charge is 0.506 e. The van der Waals surface area contributed by atoms with Crippen LogP contribution in [0.4, 0.5) is 5.69 Å². The first-order chi connectivity index (χ1) is 8.72. The molecule has 6 nitrogen and oxygen atoms in total. The second-order valence-corrected chi connectivity index (χ2v) is 3.83. The van der Waals surface area contributed by atoms with Crippen molar-refractivity contribution in [3.05, 3.63) is 41.7 Å². The Bertz CT molecular complexity index is 531. The summed E-state index contributed by atoms with van der Waals surface area (Å²) in [5, 5.41) is 22.2. The van der Waals surface area contributed by atoms with E-state index < -0.39 is 0 Å². The van der Waals surface area contributed by atoms with Crippen LogP contribution >= 0.6 is 0 Å². The maximum absolute atomic E-state index is 9.94. The van der Waals surface area contributed by atoms with Crippen molar-refractivity contribution in [1.29, 1.82) is 0 Å². The van der Waals surface area contributed by atoms with Crippen LogP contribution in [-0.4, -0.2) is 25.2 Å². The Kier molecular flexibility index (Phi) is 3.69. The molecule has 0 amide bonds. The van der Waals surface area contributed by atoms with Crippen molar-refractivity contribution in [2.45, 2.75) is 20.1 Å². The monoisotopic (exact) mass is 246 g/mol. The number of anilines is 1. The van der Waals surface area contributed by atoms with Crippen molar-refractivity contribution in [1.82, 2.24) is 15.0 Å². The maximum atomic E-state index is 9.94. The highest BCUT2D eigenvalue weighted by molar-refractivity contribution is 5.45. The molecule has 2 rings (SSSR count). The van der Waals surface area contributed by atoms with Gasteiger partial charge in [0, 0.05) is 23.9 Å². The summed E-state index contributed by atoms with van der Waals surface area (Å²) in [5.41, 5.74) is 2.51. The summed E-state index contributed by atoms with van der Waals surface area (Å²) in [7, 11) is 0. The van der Waals surface area contributed by atoms with Gasteiger partial charge in [0.05, 0.1) is 30.4 Å². The average Bonchev–Trinajstić information content (AvgIpc) is 2.41. The van der Waals surface area contributed by atoms with Crippen LogP contribution in [-0.2, 0) is 13.2 Å². The minimum Gasteiger partial charge on any atom is -0.506 e. The van der Waals surface area contributed by atoms with E-state index in [1.165, 1.54) is 6.33 Å². The van der Waals surface area contributed by atoms with Gasteiger partial charge in [-0.2, -0.15) is 0 Å². The van der Waals surface area contributed by atoms with Crippen molar-refractivity contribution in [3.8, 4) is 5.75 Å². The fraction of sp³-hybridized carbons (Fsp3) is 0.250. The van der Waals surface area contributed by atoms with Crippen molar-refractivity contribution in [2.75, 3.05) is 5.32 Å². The van der Waals surface area contributed by atoms with E-state index in [4.69, 9.17) is 0 Å². The fourth-order valence-corrected chi connectivity index (χ4v) is 1.60. The summed E-state index contributed by atoms with van der Waals surface area (Å²) in [6.07, 6.45) is 6.28. The van der Waals surface area contributed by atoms with Crippen LogP contribution in [0.2, 0.25) is 0 Å². The van der Waals surface area contributed by atoms with Crippen molar-refractivity contribution >= 4 is 5.69 Å². The van der Waals surface area contributed by atoms with Gasteiger partial charge in [-0.25, -0.2) is 9.97 Å². The van der Waals surface area contributed by atoms with Gasteiger partial charge in [-0.3, -0.25) is 4.98 Å². The van der Waals surface area contributed by atoms with Gasteiger partial charge < -0.3 is 15.5 Å². The number of aliphatic hydroxyl groups excluding tert-OH is 1. The van der Waals surface area contributed by atoms with Crippen LogP contribution < -0.4 is 5.32 Å². The summed E-state index contributed by atoms with van der Waals surface area (Å²) < 4.78 is 0. The highest BCUT2D eigenvalue weighted by Gasteiger charge is 2.10. The summed E-state index contributed by atoms with van der Waals surface area (Å²) in [6, 6.07) is 0. The van der Waals surface area contributed by atoms with E-state index in [2.05, 4.69) is 20.3 Å². The van der Waals surface area contributed by atoms with Crippen LogP contribution in [0.1, 0.15) is 16.8 Å². The first kappa shape index (κ1) is 12.3. The number of hydrogen-bond donors (Lipinski definition) is 3. The van der Waals surface area contributed by atoms with E-state index in [1.807, 2.05) is 0 Å². The van der Waals surface area contributed by atoms with Gasteiger partial charge in [-0.1, -0.05) is 0 Å². The molecule has 0 spiro atoms. The van der Waals surface area contributed by atoms with Crippen LogP contribution in [0.15, 0.2) is 24.9 Å². The zero-order valence-electron chi connectivity index (χ0n) is 9.96. The lowest BCUT2D eigenvalue weighted by molar-refractivity contribution is 0.279. The van der Waals surface area contributed by atoms with E-state index in [0.29, 0.717) is 23.4 Å². The average molecular weight is 246 g/mol. The molecule has 0 aliphatic heterocycles. The first-order valence-corrected chi connectivity index (χ1v) is 5.48. The smallest absolute Gasteiger partial charge is 0.142 e. The molecule has 0 aliphatic rings. The minimum atomic E-state index is -0.164. The molecule has 2 aromatic heterocycles. The zero-order chi connectivity index (χ0) is 13.0. The fourth-order valence-electron chi connectivity index (χ4n) is 1.60. The molecule has 0 radical (unpaired) electrons. The SMILES string of the molecule is Cc1ncc(CO)c(CNc2cncnc2)c1O. The lowest BCUT2D eigenvalue weighted by atomic mass is 10.1. The van der Waals surface area contributed by atoms with Crippen molar-refractivity contribution in [3.63, 3.8) is 0 Å². The molecule has 0 atom stereocenters. The maximum Gasteiger partial charge on any atom is 0.142 e. The molecule has 94 valence electrons. The van der Waals surface area contributed by atoms with Gasteiger partial charge >= 0.3 is 0 Å². The topological polar surface area (TPSA) is 91.2 Å². The van der Waals surface area contributed by atoms with Crippen LogP contribution in [0, 0.1) is 6.92 Å². The number of hydrogen-bond acceptors (Lipinski definition) is 6. The molecule has 0 saturated carbocycles. The number of aliphatic hydroxyl groups is 1. The molecule has 0 fully saturated rings. The van der Waals surface area contributed by atoms with Crippen molar-refractivity contribution in [2.24, 2.45) is 0 Å². The molecule has 3 N–H and O–H groups in total. The third kappa shape index (κ3) is 2.54. The molecule has 0 bridgehead atoms. The lowest BCUT2D eigenvalue weighted by Crippen LogP contribution is -2.06. The van der Waals surface area contributed by atoms with Gasteiger partial charge in [0.1, 0.15) is 12.1 Å². The molecule has 0 unspecified atom stereocenters. The number of rotatable bonds is 4. The van der Waals surface area contributed by atoms with Crippen LogP contribution in [0.25, 0.3) is 0 Å². The lowest BCUT2D eigenvalue weighted by Gasteiger charge is -2.12. The van der Waals surface area contributed by atoms with Gasteiger partial charge in [0.2, 0.25) is 0 Å². The zero-order valence-corrected chi connectivity index (χ0v) is 9.96. The number of nitrogens with zero attached hydrogens (tertiary/aromatic N) is 3. The molecule has 0 saturated heterocycles. The van der Waals surface area contributed by atoms with E-state index in [1.54, 1.807) is 25.5 Å². The third-order valence-electron chi connectivity index (χ3n) is 2.63. The number of aromatic hydroxyl groups is 1. The van der Waals surface area contributed by atoms with E-state index in [-0.39, 0.29) is 12.4 Å². The predicted molar refractivity (Wildman–Crippen MR) is 65.9 cm³/mol. The molecule has 2 heterocycles. The normalized spacial score (nSPS) is 10.3. The Balaban J connectivity index is 2.21. The van der Waals surface area contributed by atoms with Gasteiger partial charge in [-0.15, -0.1) is 0 Å². The van der Waals surface area contributed by atoms with E-state index in [9.17, 15) is 10.2 Å². The third-order valence-corrected chi connectivity index (χ3v) is 2.63. The molecule has 2 aromatic rings. The quantitative estimate of drug-likeness (QED) is 0.745. The summed E-state index contributed by atoms with van der Waals surface area (Å²) >= 11 is 0.